The van der Waals surface area contributed by atoms with Crippen LogP contribution in [0.25, 0.3) is 0 Å². The summed E-state index contributed by atoms with van der Waals surface area (Å²) in [5.41, 5.74) is 0.385. The molecule has 1 aromatic heterocycles. The molecule has 1 aliphatic heterocycles. The molecule has 140 valence electrons. The summed E-state index contributed by atoms with van der Waals surface area (Å²) in [4.78, 5) is 14.6. The number of aromatic nitrogens is 2. The largest absolute Gasteiger partial charge is 0.491 e. The molecule has 0 aliphatic carbocycles. The van der Waals surface area contributed by atoms with Gasteiger partial charge in [-0.2, -0.15) is 5.10 Å². The molecule has 1 aliphatic rings. The number of rotatable bonds is 4. The van der Waals surface area contributed by atoms with Gasteiger partial charge in [0.1, 0.15) is 18.0 Å². The molecule has 1 aromatic carbocycles. The van der Waals surface area contributed by atoms with Gasteiger partial charge in [-0.15, -0.1) is 0 Å². The summed E-state index contributed by atoms with van der Waals surface area (Å²) in [6, 6.07) is 7.12. The Bertz CT molecular complexity index is 792. The van der Waals surface area contributed by atoms with Gasteiger partial charge >= 0.3 is 0 Å². The number of amides is 1. The van der Waals surface area contributed by atoms with Crippen molar-refractivity contribution in [2.75, 3.05) is 19.7 Å². The van der Waals surface area contributed by atoms with Crippen LogP contribution >= 0.6 is 11.6 Å². The number of likely N-dealkylation sites (tertiary alicyclic amines) is 1. The Hall–Kier alpha value is -2.05. The van der Waals surface area contributed by atoms with Gasteiger partial charge < -0.3 is 14.7 Å². The van der Waals surface area contributed by atoms with Crippen molar-refractivity contribution >= 4 is 17.5 Å². The molecule has 7 heteroatoms. The summed E-state index contributed by atoms with van der Waals surface area (Å²) in [6.07, 6.45) is 3.53. The number of carbonyl (C=O) groups excluding carboxylic acids is 1. The van der Waals surface area contributed by atoms with Gasteiger partial charge in [0.25, 0.3) is 5.91 Å². The van der Waals surface area contributed by atoms with E-state index in [9.17, 15) is 9.90 Å². The normalized spacial score (nSPS) is 20.7. The monoisotopic (exact) mass is 377 g/mol. The van der Waals surface area contributed by atoms with E-state index in [1.165, 1.54) is 0 Å². The van der Waals surface area contributed by atoms with Crippen molar-refractivity contribution in [3.8, 4) is 5.75 Å². The van der Waals surface area contributed by atoms with Gasteiger partial charge in [-0.05, 0) is 44.4 Å². The van der Waals surface area contributed by atoms with E-state index in [0.717, 1.165) is 12.1 Å². The minimum atomic E-state index is -0.957. The maximum atomic E-state index is 12.8. The molecule has 0 bridgehead atoms. The van der Waals surface area contributed by atoms with Gasteiger partial charge in [0.05, 0.1) is 11.3 Å². The number of halogens is 1. The molecule has 0 radical (unpaired) electrons. The van der Waals surface area contributed by atoms with Crippen LogP contribution < -0.4 is 4.74 Å². The summed E-state index contributed by atoms with van der Waals surface area (Å²) < 4.78 is 7.38. The smallest absolute Gasteiger partial charge is 0.257 e. The van der Waals surface area contributed by atoms with Crippen LogP contribution in [0.2, 0.25) is 5.02 Å². The average Bonchev–Trinajstić information content (AvgIpc) is 2.81. The van der Waals surface area contributed by atoms with Gasteiger partial charge in [0.2, 0.25) is 0 Å². The summed E-state index contributed by atoms with van der Waals surface area (Å²) in [6.45, 7) is 3.12. The van der Waals surface area contributed by atoms with Crippen LogP contribution in [0.3, 0.4) is 0 Å². The Morgan fingerprint density at radius 1 is 1.38 bits per heavy atom. The standard InChI is InChI=1S/C19H24ClN3O3/c1-14-17(12-22(2)21-14)18(24)23-9-4-7-19(25,8-10-23)13-26-16-6-3-5-15(20)11-16/h3,5-6,11-12,25H,4,7-10,13H2,1-2H3. The number of aliphatic hydroxyl groups is 1. The minimum absolute atomic E-state index is 0.0318. The number of ether oxygens (including phenoxy) is 1. The molecular formula is C19H24ClN3O3. The molecule has 1 N–H and O–H groups in total. The predicted molar refractivity (Wildman–Crippen MR) is 99.6 cm³/mol. The van der Waals surface area contributed by atoms with Crippen molar-refractivity contribution in [3.63, 3.8) is 0 Å². The molecule has 6 nitrogen and oxygen atoms in total. The first kappa shape index (κ1) is 18.7. The van der Waals surface area contributed by atoms with E-state index in [0.29, 0.717) is 42.3 Å². The van der Waals surface area contributed by atoms with Crippen molar-refractivity contribution < 1.29 is 14.6 Å². The molecule has 26 heavy (non-hydrogen) atoms. The van der Waals surface area contributed by atoms with Gasteiger partial charge in [0.15, 0.2) is 0 Å². The molecule has 0 spiro atoms. The van der Waals surface area contributed by atoms with E-state index in [4.69, 9.17) is 16.3 Å². The quantitative estimate of drug-likeness (QED) is 0.889. The first-order valence-electron chi connectivity index (χ1n) is 8.77. The highest BCUT2D eigenvalue weighted by Gasteiger charge is 2.33. The average molecular weight is 378 g/mol. The third kappa shape index (κ3) is 4.37. The topological polar surface area (TPSA) is 67.6 Å². The Labute approximate surface area is 158 Å². The van der Waals surface area contributed by atoms with Crippen molar-refractivity contribution in [1.29, 1.82) is 0 Å². The first-order chi connectivity index (χ1) is 12.4. The fourth-order valence-corrected chi connectivity index (χ4v) is 3.46. The first-order valence-corrected chi connectivity index (χ1v) is 9.14. The lowest BCUT2D eigenvalue weighted by molar-refractivity contribution is -0.0163. The van der Waals surface area contributed by atoms with Crippen LogP contribution in [0, 0.1) is 6.92 Å². The molecule has 1 fully saturated rings. The van der Waals surface area contributed by atoms with Crippen molar-refractivity contribution in [2.45, 2.75) is 31.8 Å². The zero-order valence-corrected chi connectivity index (χ0v) is 15.9. The summed E-state index contributed by atoms with van der Waals surface area (Å²) in [5, 5.41) is 15.7. The maximum Gasteiger partial charge on any atom is 0.257 e. The van der Waals surface area contributed by atoms with E-state index in [-0.39, 0.29) is 12.5 Å². The van der Waals surface area contributed by atoms with Crippen LogP contribution in [0.4, 0.5) is 0 Å². The summed E-state index contributed by atoms with van der Waals surface area (Å²) in [7, 11) is 1.80. The Balaban J connectivity index is 1.61. The van der Waals surface area contributed by atoms with Crippen molar-refractivity contribution in [1.82, 2.24) is 14.7 Å². The molecule has 1 saturated heterocycles. The van der Waals surface area contributed by atoms with E-state index in [1.54, 1.807) is 35.0 Å². The Morgan fingerprint density at radius 2 is 2.19 bits per heavy atom. The van der Waals surface area contributed by atoms with Crippen LogP contribution in [0.15, 0.2) is 30.5 Å². The number of hydrogen-bond donors (Lipinski definition) is 1. The van der Waals surface area contributed by atoms with E-state index >= 15 is 0 Å². The molecule has 1 atom stereocenters. The number of hydrogen-bond acceptors (Lipinski definition) is 4. The third-order valence-electron chi connectivity index (χ3n) is 4.75. The fraction of sp³-hybridized carbons (Fsp3) is 0.474. The molecule has 1 amide bonds. The zero-order valence-electron chi connectivity index (χ0n) is 15.1. The van der Waals surface area contributed by atoms with Crippen molar-refractivity contribution in [2.24, 2.45) is 7.05 Å². The highest BCUT2D eigenvalue weighted by atomic mass is 35.5. The number of benzene rings is 1. The summed E-state index contributed by atoms with van der Waals surface area (Å²) in [5.74, 6) is 0.602. The third-order valence-corrected chi connectivity index (χ3v) is 4.99. The second kappa shape index (κ2) is 7.68. The fourth-order valence-electron chi connectivity index (χ4n) is 3.28. The van der Waals surface area contributed by atoms with Crippen LogP contribution in [-0.4, -0.2) is 51.0 Å². The van der Waals surface area contributed by atoms with E-state index < -0.39 is 5.60 Å². The Morgan fingerprint density at radius 3 is 2.88 bits per heavy atom. The lowest BCUT2D eigenvalue weighted by Crippen LogP contribution is -2.38. The lowest BCUT2D eigenvalue weighted by atomic mass is 9.96. The predicted octanol–water partition coefficient (Wildman–Crippen LogP) is 2.82. The second-order valence-electron chi connectivity index (χ2n) is 6.92. The molecule has 1 unspecified atom stereocenters. The van der Waals surface area contributed by atoms with Gasteiger partial charge in [-0.1, -0.05) is 17.7 Å². The number of nitrogens with zero attached hydrogens (tertiary/aromatic N) is 3. The number of carbonyl (C=O) groups is 1. The maximum absolute atomic E-state index is 12.8. The number of aryl methyl sites for hydroxylation is 2. The van der Waals surface area contributed by atoms with Crippen LogP contribution in [-0.2, 0) is 7.05 Å². The molecule has 0 saturated carbocycles. The van der Waals surface area contributed by atoms with Crippen molar-refractivity contribution in [3.05, 3.63) is 46.7 Å². The van der Waals surface area contributed by atoms with Crippen LogP contribution in [0.5, 0.6) is 5.75 Å². The van der Waals surface area contributed by atoms with E-state index in [2.05, 4.69) is 5.10 Å². The highest BCUT2D eigenvalue weighted by Crippen LogP contribution is 2.26. The van der Waals surface area contributed by atoms with E-state index in [1.807, 2.05) is 19.1 Å². The highest BCUT2D eigenvalue weighted by molar-refractivity contribution is 6.30. The molecule has 2 heterocycles. The van der Waals surface area contributed by atoms with Crippen LogP contribution in [0.1, 0.15) is 35.3 Å². The molecule has 2 aromatic rings. The zero-order chi connectivity index (χ0) is 18.7. The second-order valence-corrected chi connectivity index (χ2v) is 7.35. The molecule has 3 rings (SSSR count). The van der Waals surface area contributed by atoms with Gasteiger partial charge in [-0.3, -0.25) is 9.48 Å². The SMILES string of the molecule is Cc1nn(C)cc1C(=O)N1CCCC(O)(COc2cccc(Cl)c2)CC1. The lowest BCUT2D eigenvalue weighted by Gasteiger charge is -2.27. The van der Waals surface area contributed by atoms with Gasteiger partial charge in [0, 0.05) is 31.4 Å². The minimum Gasteiger partial charge on any atom is -0.491 e. The summed E-state index contributed by atoms with van der Waals surface area (Å²) >= 11 is 5.96. The van der Waals surface area contributed by atoms with Gasteiger partial charge in [-0.25, -0.2) is 0 Å². The Kier molecular flexibility index (Phi) is 5.53. The molecular weight excluding hydrogens is 354 g/mol.